The molecule has 5 fully saturated rings. The normalized spacial score (nSPS) is 53.8. The van der Waals surface area contributed by atoms with Gasteiger partial charge in [-0.3, -0.25) is 0 Å². The van der Waals surface area contributed by atoms with Crippen LogP contribution in [0.25, 0.3) is 0 Å². The molecule has 152 valence electrons. The van der Waals surface area contributed by atoms with E-state index in [1.54, 1.807) is 26.8 Å². The highest BCUT2D eigenvalue weighted by molar-refractivity contribution is 5.92. The zero-order valence-electron chi connectivity index (χ0n) is 16.0. The summed E-state index contributed by atoms with van der Waals surface area (Å²) in [7, 11) is 0. The molecule has 3 aliphatic heterocycles. The van der Waals surface area contributed by atoms with Gasteiger partial charge in [-0.1, -0.05) is 12.7 Å². The molecule has 2 aliphatic carbocycles. The molecule has 3 heterocycles. The van der Waals surface area contributed by atoms with E-state index in [4.69, 9.17) is 18.9 Å². The average molecular weight is 392 g/mol. The highest BCUT2D eigenvalue weighted by Crippen LogP contribution is 2.69. The Bertz CT molecular complexity index is 828. The smallest absolute Gasteiger partial charge is 0.334 e. The third kappa shape index (κ3) is 1.94. The number of hydrogen-bond acceptors (Lipinski definition) is 8. The van der Waals surface area contributed by atoms with E-state index < -0.39 is 65.0 Å². The lowest BCUT2D eigenvalue weighted by Crippen LogP contribution is -2.61. The third-order valence-corrected chi connectivity index (χ3v) is 7.48. The second-order valence-electron chi connectivity index (χ2n) is 8.79. The van der Waals surface area contributed by atoms with E-state index in [9.17, 15) is 19.8 Å². The molecular formula is C20H24O8. The van der Waals surface area contributed by atoms with Crippen molar-refractivity contribution >= 4 is 11.9 Å². The molecule has 0 unspecified atom stereocenters. The molecule has 0 bridgehead atoms. The second-order valence-corrected chi connectivity index (χ2v) is 8.79. The first-order chi connectivity index (χ1) is 13.1. The fourth-order valence-electron chi connectivity index (χ4n) is 5.68. The van der Waals surface area contributed by atoms with Crippen LogP contribution in [-0.4, -0.2) is 70.0 Å². The molecule has 2 N–H and O–H groups in total. The lowest BCUT2D eigenvalue weighted by Gasteiger charge is -2.41. The van der Waals surface area contributed by atoms with Gasteiger partial charge >= 0.3 is 11.9 Å². The second kappa shape index (κ2) is 5.24. The van der Waals surface area contributed by atoms with Gasteiger partial charge in [0.25, 0.3) is 0 Å². The maximum absolute atomic E-state index is 12.5. The Morgan fingerprint density at radius 2 is 2.07 bits per heavy atom. The Balaban J connectivity index is 1.61. The third-order valence-electron chi connectivity index (χ3n) is 7.48. The molecule has 8 nitrogen and oxygen atoms in total. The number of hydrogen-bond donors (Lipinski definition) is 2. The van der Waals surface area contributed by atoms with Gasteiger partial charge in [0.15, 0.2) is 0 Å². The van der Waals surface area contributed by atoms with Crippen molar-refractivity contribution in [3.63, 3.8) is 0 Å². The number of carbonyl (C=O) groups excluding carboxylic acids is 2. The van der Waals surface area contributed by atoms with Crippen LogP contribution in [0, 0.1) is 11.8 Å². The summed E-state index contributed by atoms with van der Waals surface area (Å²) in [5.41, 5.74) is -3.03. The number of aliphatic hydroxyl groups excluding tert-OH is 1. The van der Waals surface area contributed by atoms with Crippen molar-refractivity contribution < 1.29 is 38.7 Å². The molecule has 0 aromatic rings. The quantitative estimate of drug-likeness (QED) is 0.383. The maximum atomic E-state index is 12.5. The van der Waals surface area contributed by atoms with Crippen LogP contribution >= 0.6 is 0 Å². The van der Waals surface area contributed by atoms with E-state index in [1.165, 1.54) is 0 Å². The SMILES string of the molecule is C=C1C(=O)O[C@H]2[C@H]1[C@H](OC(=O)/C(C)=C/C)C[C@@]1(CO1)[C@@H]1[C@@H](O)[C@@H]3O[C@]3(C)[C@]21O. The topological polar surface area (TPSA) is 118 Å². The van der Waals surface area contributed by atoms with E-state index in [0.29, 0.717) is 12.2 Å². The molecular weight excluding hydrogens is 368 g/mol. The zero-order chi connectivity index (χ0) is 20.2. The molecule has 5 aliphatic rings. The minimum Gasteiger partial charge on any atom is -0.458 e. The van der Waals surface area contributed by atoms with Gasteiger partial charge in [0.05, 0.1) is 24.5 Å². The lowest BCUT2D eigenvalue weighted by molar-refractivity contribution is -0.196. The van der Waals surface area contributed by atoms with Gasteiger partial charge in [-0.2, -0.15) is 0 Å². The summed E-state index contributed by atoms with van der Waals surface area (Å²) in [6.45, 7) is 9.24. The zero-order valence-corrected chi connectivity index (χ0v) is 16.0. The van der Waals surface area contributed by atoms with Crippen LogP contribution in [0.15, 0.2) is 23.8 Å². The van der Waals surface area contributed by atoms with Crippen molar-refractivity contribution in [3.05, 3.63) is 23.8 Å². The standard InChI is InChI=1S/C20H24O8/c1-5-8(2)16(22)26-10-6-19(7-25-19)13-12(21)15-18(4,28-15)20(13,24)14-11(10)9(3)17(23)27-14/h5,10-15,21,24H,3,6-7H2,1-2,4H3/b8-5+/t10-,11-,12-,13+,14+,15+,18+,19-,20-/m1/s1. The minimum atomic E-state index is -1.68. The van der Waals surface area contributed by atoms with Crippen molar-refractivity contribution in [3.8, 4) is 0 Å². The van der Waals surface area contributed by atoms with Crippen LogP contribution in [0.1, 0.15) is 27.2 Å². The average Bonchev–Trinajstić information content (AvgIpc) is 3.53. The van der Waals surface area contributed by atoms with E-state index in [-0.39, 0.29) is 12.0 Å². The highest BCUT2D eigenvalue weighted by atomic mass is 16.7. The molecule has 9 atom stereocenters. The van der Waals surface area contributed by atoms with Crippen LogP contribution in [0.5, 0.6) is 0 Å². The number of esters is 2. The van der Waals surface area contributed by atoms with Crippen molar-refractivity contribution in [2.45, 2.75) is 68.4 Å². The Kier molecular flexibility index (Phi) is 3.43. The fraction of sp³-hybridized carbons (Fsp3) is 0.700. The largest absolute Gasteiger partial charge is 0.458 e. The summed E-state index contributed by atoms with van der Waals surface area (Å²) in [5.74, 6) is -2.62. The molecule has 5 rings (SSSR count). The molecule has 0 amide bonds. The van der Waals surface area contributed by atoms with Crippen LogP contribution in [0.4, 0.5) is 0 Å². The summed E-state index contributed by atoms with van der Waals surface area (Å²) >= 11 is 0. The van der Waals surface area contributed by atoms with Crippen LogP contribution < -0.4 is 0 Å². The Morgan fingerprint density at radius 1 is 1.39 bits per heavy atom. The molecule has 1 spiro atoms. The monoisotopic (exact) mass is 392 g/mol. The predicted molar refractivity (Wildman–Crippen MR) is 92.8 cm³/mol. The molecule has 0 aromatic heterocycles. The van der Waals surface area contributed by atoms with E-state index in [2.05, 4.69) is 6.58 Å². The van der Waals surface area contributed by atoms with Crippen LogP contribution in [-0.2, 0) is 28.5 Å². The number of fused-ring (bicyclic) bond motifs is 6. The number of allylic oxidation sites excluding steroid dienone is 1. The van der Waals surface area contributed by atoms with Gasteiger partial charge in [-0.05, 0) is 20.8 Å². The summed E-state index contributed by atoms with van der Waals surface area (Å²) < 4.78 is 22.7. The minimum absolute atomic E-state index is 0.146. The molecule has 28 heavy (non-hydrogen) atoms. The van der Waals surface area contributed by atoms with Crippen molar-refractivity contribution in [2.24, 2.45) is 11.8 Å². The first-order valence-corrected chi connectivity index (χ1v) is 9.56. The van der Waals surface area contributed by atoms with Gasteiger partial charge in [0, 0.05) is 17.6 Å². The van der Waals surface area contributed by atoms with Crippen molar-refractivity contribution in [1.82, 2.24) is 0 Å². The summed E-state index contributed by atoms with van der Waals surface area (Å²) in [6, 6.07) is 0. The van der Waals surface area contributed by atoms with Crippen LogP contribution in [0.3, 0.4) is 0 Å². The summed E-state index contributed by atoms with van der Waals surface area (Å²) in [5, 5.41) is 22.8. The Labute approximate surface area is 162 Å². The fourth-order valence-corrected chi connectivity index (χ4v) is 5.68. The van der Waals surface area contributed by atoms with Gasteiger partial charge in [0.1, 0.15) is 35.1 Å². The van der Waals surface area contributed by atoms with Crippen LogP contribution in [0.2, 0.25) is 0 Å². The van der Waals surface area contributed by atoms with E-state index in [0.717, 1.165) is 0 Å². The van der Waals surface area contributed by atoms with Crippen molar-refractivity contribution in [2.75, 3.05) is 6.61 Å². The molecule has 8 heteroatoms. The van der Waals surface area contributed by atoms with Gasteiger partial charge < -0.3 is 29.2 Å². The van der Waals surface area contributed by atoms with E-state index >= 15 is 0 Å². The number of ether oxygens (including phenoxy) is 4. The van der Waals surface area contributed by atoms with Crippen molar-refractivity contribution in [1.29, 1.82) is 0 Å². The number of carbonyl (C=O) groups is 2. The number of rotatable bonds is 2. The van der Waals surface area contributed by atoms with Gasteiger partial charge in [0.2, 0.25) is 0 Å². The molecule has 3 saturated heterocycles. The summed E-state index contributed by atoms with van der Waals surface area (Å²) in [6.07, 6.45) is -1.48. The molecule has 0 radical (unpaired) electrons. The highest BCUT2D eigenvalue weighted by Gasteiger charge is 2.88. The molecule has 0 aromatic carbocycles. The first-order valence-electron chi connectivity index (χ1n) is 9.56. The lowest BCUT2D eigenvalue weighted by atomic mass is 9.71. The van der Waals surface area contributed by atoms with Gasteiger partial charge in [-0.15, -0.1) is 0 Å². The number of epoxide rings is 2. The van der Waals surface area contributed by atoms with Gasteiger partial charge in [-0.25, -0.2) is 9.59 Å². The maximum Gasteiger partial charge on any atom is 0.334 e. The Hall–Kier alpha value is -1.74. The number of aliphatic hydroxyl groups is 2. The predicted octanol–water partition coefficient (Wildman–Crippen LogP) is 0.0142. The summed E-state index contributed by atoms with van der Waals surface area (Å²) in [4.78, 5) is 24.8. The molecule has 2 saturated carbocycles. The first kappa shape index (κ1) is 18.3. The van der Waals surface area contributed by atoms with E-state index in [1.807, 2.05) is 0 Å². The Morgan fingerprint density at radius 3 is 2.68 bits per heavy atom.